The molecule has 1 aliphatic rings. The Labute approximate surface area is 154 Å². The molecule has 1 N–H and O–H groups in total. The van der Waals surface area contributed by atoms with Crippen molar-refractivity contribution in [3.05, 3.63) is 28.7 Å². The third-order valence-corrected chi connectivity index (χ3v) is 4.60. The number of carbonyl (C=O) groups is 2. The van der Waals surface area contributed by atoms with Crippen LogP contribution in [0, 0.1) is 12.3 Å². The van der Waals surface area contributed by atoms with E-state index in [2.05, 4.69) is 5.92 Å². The van der Waals surface area contributed by atoms with Crippen molar-refractivity contribution in [2.75, 3.05) is 20.3 Å². The summed E-state index contributed by atoms with van der Waals surface area (Å²) in [5, 5.41) is 8.75. The average molecular weight is 377 g/mol. The Morgan fingerprint density at radius 1 is 1.48 bits per heavy atom. The fraction of sp³-hybridized carbons (Fsp3) is 0.235. The van der Waals surface area contributed by atoms with Gasteiger partial charge in [0.2, 0.25) is 0 Å². The monoisotopic (exact) mass is 377 g/mol. The first-order chi connectivity index (χ1) is 12.0. The molecule has 1 amide bonds. The Morgan fingerprint density at radius 2 is 2.24 bits per heavy atom. The predicted molar refractivity (Wildman–Crippen MR) is 99.5 cm³/mol. The smallest absolute Gasteiger partial charge is 0.305 e. The highest BCUT2D eigenvalue weighted by molar-refractivity contribution is 8.26. The topological polar surface area (TPSA) is 76.1 Å². The Hall–Kier alpha value is -2.50. The molecule has 8 heteroatoms. The molecule has 1 saturated heterocycles. The standard InChI is InChI=1S/C17H15NO5S2/c1-3-8-23-12-5-4-11(9-13(12)22-2)10-14-16(21)18(17(24)25-14)7-6-15(19)20/h1,4-5,9-10H,6-8H2,2H3,(H,19,20). The first kappa shape index (κ1) is 18.8. The minimum atomic E-state index is -0.981. The zero-order valence-corrected chi connectivity index (χ0v) is 15.0. The number of benzene rings is 1. The van der Waals surface area contributed by atoms with E-state index in [9.17, 15) is 9.59 Å². The maximum atomic E-state index is 12.4. The lowest BCUT2D eigenvalue weighted by Gasteiger charge is -2.12. The van der Waals surface area contributed by atoms with E-state index >= 15 is 0 Å². The first-order valence-electron chi connectivity index (χ1n) is 7.17. The molecule has 0 aliphatic carbocycles. The highest BCUT2D eigenvalue weighted by Gasteiger charge is 2.32. The molecule has 0 saturated carbocycles. The highest BCUT2D eigenvalue weighted by atomic mass is 32.2. The Bertz CT molecular complexity index is 782. The molecule has 0 radical (unpaired) electrons. The van der Waals surface area contributed by atoms with Crippen LogP contribution in [0.5, 0.6) is 11.5 Å². The lowest BCUT2D eigenvalue weighted by Crippen LogP contribution is -2.30. The van der Waals surface area contributed by atoms with Crippen LogP contribution in [0.3, 0.4) is 0 Å². The summed E-state index contributed by atoms with van der Waals surface area (Å²) in [5.41, 5.74) is 0.726. The molecule has 1 fully saturated rings. The van der Waals surface area contributed by atoms with Crippen LogP contribution in [0.2, 0.25) is 0 Å². The van der Waals surface area contributed by atoms with Crippen LogP contribution < -0.4 is 9.47 Å². The number of carboxylic acids is 1. The van der Waals surface area contributed by atoms with Gasteiger partial charge in [-0.25, -0.2) is 0 Å². The summed E-state index contributed by atoms with van der Waals surface area (Å²) in [6.45, 7) is 0.178. The zero-order valence-electron chi connectivity index (χ0n) is 13.4. The molecular formula is C17H15NO5S2. The van der Waals surface area contributed by atoms with Crippen molar-refractivity contribution >= 4 is 46.3 Å². The SMILES string of the molecule is C#CCOc1ccc(C=C2SC(=S)N(CCC(=O)O)C2=O)cc1OC. The van der Waals surface area contributed by atoms with Crippen LogP contribution in [0.15, 0.2) is 23.1 Å². The summed E-state index contributed by atoms with van der Waals surface area (Å²) < 4.78 is 11.0. The molecule has 1 aromatic rings. The number of nitrogens with zero attached hydrogens (tertiary/aromatic N) is 1. The van der Waals surface area contributed by atoms with E-state index in [1.807, 2.05) is 0 Å². The van der Waals surface area contributed by atoms with Crippen LogP contribution in [-0.4, -0.2) is 46.5 Å². The van der Waals surface area contributed by atoms with Crippen molar-refractivity contribution in [1.29, 1.82) is 0 Å². The van der Waals surface area contributed by atoms with E-state index in [1.54, 1.807) is 24.3 Å². The van der Waals surface area contributed by atoms with Crippen molar-refractivity contribution in [2.24, 2.45) is 0 Å². The predicted octanol–water partition coefficient (Wildman–Crippen LogP) is 2.38. The van der Waals surface area contributed by atoms with Gasteiger partial charge < -0.3 is 14.6 Å². The van der Waals surface area contributed by atoms with E-state index in [0.29, 0.717) is 20.7 Å². The number of rotatable bonds is 7. The van der Waals surface area contributed by atoms with Gasteiger partial charge in [0.15, 0.2) is 11.5 Å². The van der Waals surface area contributed by atoms with E-state index in [4.69, 9.17) is 33.2 Å². The van der Waals surface area contributed by atoms with Crippen molar-refractivity contribution in [1.82, 2.24) is 4.90 Å². The number of methoxy groups -OCH3 is 1. The van der Waals surface area contributed by atoms with Gasteiger partial charge in [0, 0.05) is 6.54 Å². The molecule has 6 nitrogen and oxygen atoms in total. The fourth-order valence-corrected chi connectivity index (χ4v) is 3.37. The number of hydrogen-bond donors (Lipinski definition) is 1. The third-order valence-electron chi connectivity index (χ3n) is 3.22. The number of aliphatic carboxylic acids is 1. The molecule has 0 unspecified atom stereocenters. The third kappa shape index (κ3) is 4.75. The zero-order chi connectivity index (χ0) is 18.4. The number of carbonyl (C=O) groups excluding carboxylic acids is 1. The summed E-state index contributed by atoms with van der Waals surface area (Å²) in [6.07, 6.45) is 6.69. The lowest BCUT2D eigenvalue weighted by atomic mass is 10.2. The van der Waals surface area contributed by atoms with Crippen LogP contribution in [0.25, 0.3) is 6.08 Å². The van der Waals surface area contributed by atoms with E-state index < -0.39 is 5.97 Å². The van der Waals surface area contributed by atoms with Crippen molar-refractivity contribution in [3.63, 3.8) is 0 Å². The summed E-state index contributed by atoms with van der Waals surface area (Å²) >= 11 is 6.29. The molecule has 0 atom stereocenters. The molecule has 25 heavy (non-hydrogen) atoms. The quantitative estimate of drug-likeness (QED) is 0.444. The van der Waals surface area contributed by atoms with Gasteiger partial charge in [-0.05, 0) is 23.8 Å². The van der Waals surface area contributed by atoms with Crippen LogP contribution >= 0.6 is 24.0 Å². The number of hydrogen-bond acceptors (Lipinski definition) is 6. The summed E-state index contributed by atoms with van der Waals surface area (Å²) in [5.74, 6) is 2.09. The molecular weight excluding hydrogens is 362 g/mol. The van der Waals surface area contributed by atoms with Crippen molar-refractivity contribution in [3.8, 4) is 23.8 Å². The molecule has 130 valence electrons. The number of ether oxygens (including phenoxy) is 2. The molecule has 1 aliphatic heterocycles. The number of amides is 1. The number of thiocarbonyl (C=S) groups is 1. The molecule has 0 bridgehead atoms. The Morgan fingerprint density at radius 3 is 2.88 bits per heavy atom. The summed E-state index contributed by atoms with van der Waals surface area (Å²) in [4.78, 5) is 24.8. The molecule has 1 heterocycles. The summed E-state index contributed by atoms with van der Waals surface area (Å²) in [7, 11) is 1.51. The maximum absolute atomic E-state index is 12.4. The van der Waals surface area contributed by atoms with Crippen LogP contribution in [-0.2, 0) is 9.59 Å². The van der Waals surface area contributed by atoms with Gasteiger partial charge >= 0.3 is 5.97 Å². The van der Waals surface area contributed by atoms with Gasteiger partial charge in [0.1, 0.15) is 10.9 Å². The minimum absolute atomic E-state index is 0.0551. The average Bonchev–Trinajstić information content (AvgIpc) is 2.85. The maximum Gasteiger partial charge on any atom is 0.305 e. The number of carboxylic acid groups (broad SMARTS) is 1. The normalized spacial score (nSPS) is 15.4. The van der Waals surface area contributed by atoms with Gasteiger partial charge in [-0.2, -0.15) is 0 Å². The molecule has 0 aromatic heterocycles. The van der Waals surface area contributed by atoms with E-state index in [-0.39, 0.29) is 25.5 Å². The van der Waals surface area contributed by atoms with Crippen molar-refractivity contribution < 1.29 is 24.2 Å². The van der Waals surface area contributed by atoms with Gasteiger partial charge in [0.05, 0.1) is 18.4 Å². The van der Waals surface area contributed by atoms with Gasteiger partial charge in [0.25, 0.3) is 5.91 Å². The first-order valence-corrected chi connectivity index (χ1v) is 8.40. The van der Waals surface area contributed by atoms with Crippen LogP contribution in [0.1, 0.15) is 12.0 Å². The molecule has 0 spiro atoms. The van der Waals surface area contributed by atoms with E-state index in [1.165, 1.54) is 12.0 Å². The lowest BCUT2D eigenvalue weighted by molar-refractivity contribution is -0.137. The Kier molecular flexibility index (Phi) is 6.44. The summed E-state index contributed by atoms with van der Waals surface area (Å²) in [6, 6.07) is 5.18. The second-order valence-electron chi connectivity index (χ2n) is 4.88. The van der Waals surface area contributed by atoms with Crippen LogP contribution in [0.4, 0.5) is 0 Å². The largest absolute Gasteiger partial charge is 0.493 e. The number of terminal acetylenes is 1. The van der Waals surface area contributed by atoms with Gasteiger partial charge in [-0.3, -0.25) is 14.5 Å². The minimum Gasteiger partial charge on any atom is -0.493 e. The van der Waals surface area contributed by atoms with Gasteiger partial charge in [-0.1, -0.05) is 36.0 Å². The van der Waals surface area contributed by atoms with Crippen molar-refractivity contribution in [2.45, 2.75) is 6.42 Å². The fourth-order valence-electron chi connectivity index (χ4n) is 2.06. The van der Waals surface area contributed by atoms with E-state index in [0.717, 1.165) is 17.3 Å². The number of thioether (sulfide) groups is 1. The second kappa shape index (κ2) is 8.55. The van der Waals surface area contributed by atoms with Gasteiger partial charge in [-0.15, -0.1) is 6.42 Å². The molecule has 2 rings (SSSR count). The molecule has 1 aromatic carbocycles. The second-order valence-corrected chi connectivity index (χ2v) is 6.56. The Balaban J connectivity index is 2.20. The highest BCUT2D eigenvalue weighted by Crippen LogP contribution is 2.34.